The zero-order valence-electron chi connectivity index (χ0n) is 13.3. The first-order valence-corrected chi connectivity index (χ1v) is 7.50. The van der Waals surface area contributed by atoms with Crippen molar-refractivity contribution in [3.8, 4) is 17.2 Å². The summed E-state index contributed by atoms with van der Waals surface area (Å²) < 4.78 is 16.2. The summed E-state index contributed by atoms with van der Waals surface area (Å²) in [5, 5.41) is 9.33. The van der Waals surface area contributed by atoms with Crippen LogP contribution in [0.1, 0.15) is 17.0 Å². The minimum atomic E-state index is 0.0884. The van der Waals surface area contributed by atoms with Crippen LogP contribution in [0.5, 0.6) is 17.2 Å². The lowest BCUT2D eigenvalue weighted by Crippen LogP contribution is -2.26. The summed E-state index contributed by atoms with van der Waals surface area (Å²) in [4.78, 5) is 9.52. The molecule has 1 aromatic heterocycles. The van der Waals surface area contributed by atoms with Gasteiger partial charge in [0.2, 0.25) is 12.5 Å². The van der Waals surface area contributed by atoms with Gasteiger partial charge in [0.15, 0.2) is 11.5 Å². The van der Waals surface area contributed by atoms with Gasteiger partial charge in [0.05, 0.1) is 25.7 Å². The highest BCUT2D eigenvalue weighted by molar-refractivity contribution is 5.55. The third-order valence-electron chi connectivity index (χ3n) is 3.85. The number of aliphatic hydroxyl groups is 1. The number of nitrogens with zero attached hydrogens (tertiary/aromatic N) is 2. The van der Waals surface area contributed by atoms with Crippen LogP contribution >= 0.6 is 0 Å². The molecule has 23 heavy (non-hydrogen) atoms. The van der Waals surface area contributed by atoms with E-state index >= 15 is 0 Å². The molecule has 0 radical (unpaired) electrons. The SMILES string of the molecule is COc1cc(CN(CCO)Cc2nc[nH]c2C)cc2c1OCO2. The van der Waals surface area contributed by atoms with Crippen molar-refractivity contribution < 1.29 is 19.3 Å². The van der Waals surface area contributed by atoms with E-state index in [2.05, 4.69) is 14.9 Å². The van der Waals surface area contributed by atoms with Crippen LogP contribution in [0.3, 0.4) is 0 Å². The number of aryl methyl sites for hydroxylation is 1. The number of aromatic nitrogens is 2. The van der Waals surface area contributed by atoms with Crippen LogP contribution in [0.25, 0.3) is 0 Å². The summed E-state index contributed by atoms with van der Waals surface area (Å²) in [6.07, 6.45) is 1.69. The summed E-state index contributed by atoms with van der Waals surface area (Å²) in [5.74, 6) is 2.00. The third kappa shape index (κ3) is 3.40. The summed E-state index contributed by atoms with van der Waals surface area (Å²) >= 11 is 0. The molecule has 7 heteroatoms. The van der Waals surface area contributed by atoms with Crippen molar-refractivity contribution in [2.45, 2.75) is 20.0 Å². The van der Waals surface area contributed by atoms with Crippen molar-refractivity contribution in [3.05, 3.63) is 35.4 Å². The Labute approximate surface area is 134 Å². The second-order valence-electron chi connectivity index (χ2n) is 5.44. The number of methoxy groups -OCH3 is 1. The fourth-order valence-corrected chi connectivity index (χ4v) is 2.65. The van der Waals surface area contributed by atoms with E-state index in [1.807, 2.05) is 19.1 Å². The second-order valence-corrected chi connectivity index (χ2v) is 5.44. The Morgan fingerprint density at radius 3 is 2.91 bits per heavy atom. The zero-order valence-corrected chi connectivity index (χ0v) is 13.3. The number of aromatic amines is 1. The molecule has 1 aromatic carbocycles. The van der Waals surface area contributed by atoms with Gasteiger partial charge < -0.3 is 24.3 Å². The van der Waals surface area contributed by atoms with Gasteiger partial charge in [0.25, 0.3) is 0 Å². The Kier molecular flexibility index (Phi) is 4.68. The second kappa shape index (κ2) is 6.89. The molecule has 2 N–H and O–H groups in total. The van der Waals surface area contributed by atoms with Crippen molar-refractivity contribution in [1.82, 2.24) is 14.9 Å². The van der Waals surface area contributed by atoms with Crippen LogP contribution in [0, 0.1) is 6.92 Å². The number of nitrogens with one attached hydrogen (secondary N) is 1. The Balaban J connectivity index is 1.79. The van der Waals surface area contributed by atoms with Crippen molar-refractivity contribution in [1.29, 1.82) is 0 Å². The molecule has 124 valence electrons. The smallest absolute Gasteiger partial charge is 0.231 e. The highest BCUT2D eigenvalue weighted by atomic mass is 16.7. The van der Waals surface area contributed by atoms with E-state index in [0.717, 1.165) is 17.0 Å². The monoisotopic (exact) mass is 319 g/mol. The molecule has 1 aliphatic rings. The van der Waals surface area contributed by atoms with Gasteiger partial charge in [-0.15, -0.1) is 0 Å². The summed E-state index contributed by atoms with van der Waals surface area (Å²) in [6, 6.07) is 3.89. The molecule has 0 aliphatic carbocycles. The molecule has 0 unspecified atom stereocenters. The molecule has 0 spiro atoms. The van der Waals surface area contributed by atoms with E-state index in [4.69, 9.17) is 14.2 Å². The Morgan fingerprint density at radius 2 is 2.22 bits per heavy atom. The standard InChI is InChI=1S/C16H21N3O4/c1-11-13(18-9-17-11)8-19(3-4-20)7-12-5-14(21-2)16-15(6-12)22-10-23-16/h5-6,9,20H,3-4,7-8,10H2,1-2H3,(H,17,18). The van der Waals surface area contributed by atoms with Crippen molar-refractivity contribution in [3.63, 3.8) is 0 Å². The van der Waals surface area contributed by atoms with Crippen LogP contribution in [-0.4, -0.2) is 47.0 Å². The lowest BCUT2D eigenvalue weighted by atomic mass is 10.1. The molecular formula is C16H21N3O4. The van der Waals surface area contributed by atoms with Gasteiger partial charge in [0.1, 0.15) is 0 Å². The fraction of sp³-hybridized carbons (Fsp3) is 0.438. The molecule has 0 bridgehead atoms. The molecule has 0 amide bonds. The van der Waals surface area contributed by atoms with Gasteiger partial charge in [-0.2, -0.15) is 0 Å². The first kappa shape index (κ1) is 15.6. The quantitative estimate of drug-likeness (QED) is 0.804. The van der Waals surface area contributed by atoms with Gasteiger partial charge in [0, 0.05) is 25.3 Å². The van der Waals surface area contributed by atoms with Crippen LogP contribution in [-0.2, 0) is 13.1 Å². The zero-order chi connectivity index (χ0) is 16.2. The number of rotatable bonds is 7. The molecule has 3 rings (SSSR count). The maximum absolute atomic E-state index is 9.33. The average molecular weight is 319 g/mol. The highest BCUT2D eigenvalue weighted by Crippen LogP contribution is 2.42. The van der Waals surface area contributed by atoms with Crippen LogP contribution < -0.4 is 14.2 Å². The predicted octanol–water partition coefficient (Wildman–Crippen LogP) is 1.45. The highest BCUT2D eigenvalue weighted by Gasteiger charge is 2.21. The Bertz CT molecular complexity index is 671. The fourth-order valence-electron chi connectivity index (χ4n) is 2.65. The normalized spacial score (nSPS) is 12.9. The first-order chi connectivity index (χ1) is 11.2. The number of fused-ring (bicyclic) bond motifs is 1. The molecule has 0 saturated carbocycles. The number of hydrogen-bond donors (Lipinski definition) is 2. The number of ether oxygens (including phenoxy) is 3. The van der Waals surface area contributed by atoms with Crippen LogP contribution in [0.4, 0.5) is 0 Å². The van der Waals surface area contributed by atoms with Crippen LogP contribution in [0.2, 0.25) is 0 Å². The topological polar surface area (TPSA) is 79.8 Å². The van der Waals surface area contributed by atoms with Gasteiger partial charge in [-0.1, -0.05) is 0 Å². The predicted molar refractivity (Wildman–Crippen MR) is 83.6 cm³/mol. The minimum absolute atomic E-state index is 0.0884. The minimum Gasteiger partial charge on any atom is -0.493 e. The average Bonchev–Trinajstić information content (AvgIpc) is 3.16. The Morgan fingerprint density at radius 1 is 1.35 bits per heavy atom. The molecule has 0 fully saturated rings. The Hall–Kier alpha value is -2.25. The molecule has 2 heterocycles. The first-order valence-electron chi connectivity index (χ1n) is 7.50. The van der Waals surface area contributed by atoms with Gasteiger partial charge >= 0.3 is 0 Å². The molecular weight excluding hydrogens is 298 g/mol. The number of benzene rings is 1. The number of H-pyrrole nitrogens is 1. The van der Waals surface area contributed by atoms with Crippen LogP contribution in [0.15, 0.2) is 18.5 Å². The maximum Gasteiger partial charge on any atom is 0.231 e. The molecule has 7 nitrogen and oxygen atoms in total. The van der Waals surface area contributed by atoms with Gasteiger partial charge in [-0.05, 0) is 24.6 Å². The van der Waals surface area contributed by atoms with Crippen molar-refractivity contribution >= 4 is 0 Å². The molecule has 1 aliphatic heterocycles. The number of hydrogen-bond acceptors (Lipinski definition) is 6. The summed E-state index contributed by atoms with van der Waals surface area (Å²) in [7, 11) is 1.61. The van der Waals surface area contributed by atoms with E-state index in [0.29, 0.717) is 36.9 Å². The molecule has 2 aromatic rings. The van der Waals surface area contributed by atoms with Crippen molar-refractivity contribution in [2.24, 2.45) is 0 Å². The van der Waals surface area contributed by atoms with Gasteiger partial charge in [-0.3, -0.25) is 4.90 Å². The van der Waals surface area contributed by atoms with E-state index in [9.17, 15) is 5.11 Å². The third-order valence-corrected chi connectivity index (χ3v) is 3.85. The van der Waals surface area contributed by atoms with E-state index in [1.54, 1.807) is 13.4 Å². The lowest BCUT2D eigenvalue weighted by molar-refractivity contribution is 0.171. The van der Waals surface area contributed by atoms with Gasteiger partial charge in [-0.25, -0.2) is 4.98 Å². The number of imidazole rings is 1. The summed E-state index contributed by atoms with van der Waals surface area (Å²) in [6.45, 7) is 4.16. The van der Waals surface area contributed by atoms with E-state index in [1.165, 1.54) is 0 Å². The lowest BCUT2D eigenvalue weighted by Gasteiger charge is -2.21. The molecule has 0 atom stereocenters. The maximum atomic E-state index is 9.33. The van der Waals surface area contributed by atoms with E-state index in [-0.39, 0.29) is 13.4 Å². The molecule has 0 saturated heterocycles. The number of aliphatic hydroxyl groups excluding tert-OH is 1. The largest absolute Gasteiger partial charge is 0.493 e. The van der Waals surface area contributed by atoms with E-state index < -0.39 is 0 Å². The summed E-state index contributed by atoms with van der Waals surface area (Å²) in [5.41, 5.74) is 3.05. The van der Waals surface area contributed by atoms with Crippen molar-refractivity contribution in [2.75, 3.05) is 27.1 Å².